The van der Waals surface area contributed by atoms with Crippen molar-refractivity contribution < 1.29 is 14.6 Å². The molecular formula is C21H36O3. The first-order valence-electron chi connectivity index (χ1n) is 10.2. The van der Waals surface area contributed by atoms with Gasteiger partial charge in [0, 0.05) is 27.1 Å². The SMILES string of the molecule is COC1(OC)CCC2(C)C(CCC3C4CCC(O)C4(C)CCC32)C1. The van der Waals surface area contributed by atoms with Crippen LogP contribution in [0.2, 0.25) is 0 Å². The third-order valence-corrected chi connectivity index (χ3v) is 9.36. The molecule has 3 heteroatoms. The van der Waals surface area contributed by atoms with Crippen molar-refractivity contribution in [1.82, 2.24) is 0 Å². The zero-order valence-corrected chi connectivity index (χ0v) is 16.0. The molecule has 0 aliphatic heterocycles. The molecule has 0 aromatic carbocycles. The fourth-order valence-electron chi connectivity index (χ4n) is 7.62. The van der Waals surface area contributed by atoms with Gasteiger partial charge < -0.3 is 14.6 Å². The molecule has 0 bridgehead atoms. The van der Waals surface area contributed by atoms with Crippen LogP contribution in [0.15, 0.2) is 0 Å². The van der Waals surface area contributed by atoms with E-state index in [1.165, 1.54) is 38.5 Å². The largest absolute Gasteiger partial charge is 0.393 e. The molecule has 0 spiro atoms. The van der Waals surface area contributed by atoms with Crippen molar-refractivity contribution in [3.63, 3.8) is 0 Å². The van der Waals surface area contributed by atoms with Crippen LogP contribution in [-0.2, 0) is 9.47 Å². The Balaban J connectivity index is 1.59. The van der Waals surface area contributed by atoms with E-state index >= 15 is 0 Å². The monoisotopic (exact) mass is 336 g/mol. The van der Waals surface area contributed by atoms with Gasteiger partial charge in [0.25, 0.3) is 0 Å². The lowest BCUT2D eigenvalue weighted by atomic mass is 9.45. The van der Waals surface area contributed by atoms with E-state index in [0.29, 0.717) is 5.41 Å². The highest BCUT2D eigenvalue weighted by Crippen LogP contribution is 2.67. The summed E-state index contributed by atoms with van der Waals surface area (Å²) in [4.78, 5) is 0. The van der Waals surface area contributed by atoms with Crippen molar-refractivity contribution >= 4 is 0 Å². The second-order valence-electron chi connectivity index (χ2n) is 9.82. The average Bonchev–Trinajstić information content (AvgIpc) is 2.90. The van der Waals surface area contributed by atoms with Gasteiger partial charge in [0.15, 0.2) is 5.79 Å². The molecule has 0 aromatic heterocycles. The van der Waals surface area contributed by atoms with Crippen LogP contribution in [0, 0.1) is 34.5 Å². The minimum atomic E-state index is -0.344. The van der Waals surface area contributed by atoms with E-state index in [-0.39, 0.29) is 17.3 Å². The van der Waals surface area contributed by atoms with Gasteiger partial charge in [-0.1, -0.05) is 13.8 Å². The maximum atomic E-state index is 10.6. The van der Waals surface area contributed by atoms with E-state index in [0.717, 1.165) is 42.9 Å². The normalized spacial score (nSPS) is 53.1. The minimum Gasteiger partial charge on any atom is -0.393 e. The van der Waals surface area contributed by atoms with E-state index in [1.54, 1.807) is 0 Å². The predicted octanol–water partition coefficient (Wildman–Crippen LogP) is 4.38. The Morgan fingerprint density at radius 2 is 1.50 bits per heavy atom. The molecule has 4 aliphatic carbocycles. The molecule has 1 N–H and O–H groups in total. The Bertz CT molecular complexity index is 487. The van der Waals surface area contributed by atoms with Crippen molar-refractivity contribution in [2.45, 2.75) is 83.5 Å². The van der Waals surface area contributed by atoms with E-state index in [9.17, 15) is 5.11 Å². The Kier molecular flexibility index (Phi) is 4.10. The molecule has 4 fully saturated rings. The molecule has 7 unspecified atom stereocenters. The van der Waals surface area contributed by atoms with Gasteiger partial charge in [0.05, 0.1) is 6.10 Å². The first kappa shape index (κ1) is 17.3. The molecule has 0 amide bonds. The van der Waals surface area contributed by atoms with Crippen LogP contribution in [-0.4, -0.2) is 31.2 Å². The fraction of sp³-hybridized carbons (Fsp3) is 1.00. The lowest BCUT2D eigenvalue weighted by Crippen LogP contribution is -2.56. The Morgan fingerprint density at radius 3 is 2.21 bits per heavy atom. The summed E-state index contributed by atoms with van der Waals surface area (Å²) in [5.74, 6) is 2.80. The van der Waals surface area contributed by atoms with E-state index in [1.807, 2.05) is 14.2 Å². The van der Waals surface area contributed by atoms with Gasteiger partial charge in [-0.2, -0.15) is 0 Å². The van der Waals surface area contributed by atoms with Crippen molar-refractivity contribution in [2.75, 3.05) is 14.2 Å². The van der Waals surface area contributed by atoms with Crippen molar-refractivity contribution in [3.05, 3.63) is 0 Å². The maximum Gasteiger partial charge on any atom is 0.167 e. The Labute approximate surface area is 147 Å². The van der Waals surface area contributed by atoms with Gasteiger partial charge >= 0.3 is 0 Å². The number of ether oxygens (including phenoxy) is 2. The summed E-state index contributed by atoms with van der Waals surface area (Å²) in [5.41, 5.74) is 0.639. The average molecular weight is 337 g/mol. The summed E-state index contributed by atoms with van der Waals surface area (Å²) in [6, 6.07) is 0. The van der Waals surface area contributed by atoms with Gasteiger partial charge in [-0.3, -0.25) is 0 Å². The topological polar surface area (TPSA) is 38.7 Å². The van der Waals surface area contributed by atoms with Crippen LogP contribution in [0.5, 0.6) is 0 Å². The van der Waals surface area contributed by atoms with E-state index in [2.05, 4.69) is 13.8 Å². The second kappa shape index (κ2) is 5.69. The van der Waals surface area contributed by atoms with Gasteiger partial charge in [0.1, 0.15) is 0 Å². The molecule has 0 radical (unpaired) electrons. The highest BCUT2D eigenvalue weighted by molar-refractivity contribution is 5.10. The van der Waals surface area contributed by atoms with Crippen molar-refractivity contribution in [2.24, 2.45) is 34.5 Å². The number of hydrogen-bond donors (Lipinski definition) is 1. The predicted molar refractivity (Wildman–Crippen MR) is 94.5 cm³/mol. The minimum absolute atomic E-state index is 0.0602. The zero-order chi connectivity index (χ0) is 17.2. The molecule has 0 heterocycles. The third kappa shape index (κ3) is 2.20. The number of methoxy groups -OCH3 is 2. The summed E-state index contributed by atoms with van der Waals surface area (Å²) < 4.78 is 11.6. The van der Waals surface area contributed by atoms with Gasteiger partial charge in [-0.15, -0.1) is 0 Å². The quantitative estimate of drug-likeness (QED) is 0.761. The lowest BCUT2D eigenvalue weighted by molar-refractivity contribution is -0.261. The summed E-state index contributed by atoms with van der Waals surface area (Å²) in [6.45, 7) is 4.94. The summed E-state index contributed by atoms with van der Waals surface area (Å²) >= 11 is 0. The van der Waals surface area contributed by atoms with E-state index in [4.69, 9.17) is 9.47 Å². The summed E-state index contributed by atoms with van der Waals surface area (Å²) in [7, 11) is 3.62. The number of aliphatic hydroxyl groups excluding tert-OH is 1. The molecule has 0 aromatic rings. The highest BCUT2D eigenvalue weighted by Gasteiger charge is 2.61. The molecule has 0 saturated heterocycles. The number of hydrogen-bond acceptors (Lipinski definition) is 3. The van der Waals surface area contributed by atoms with Gasteiger partial charge in [0.2, 0.25) is 0 Å². The number of fused-ring (bicyclic) bond motifs is 5. The third-order valence-electron chi connectivity index (χ3n) is 9.36. The summed E-state index contributed by atoms with van der Waals surface area (Å²) in [6.07, 6.45) is 10.7. The Hall–Kier alpha value is -0.120. The standard InChI is InChI=1S/C21H36O3/c1-19-11-12-21(23-3,24-4)13-14(19)5-6-15-16-7-8-18(22)20(16,2)10-9-17(15)19/h14-18,22H,5-13H2,1-4H3. The van der Waals surface area contributed by atoms with Crippen LogP contribution in [0.1, 0.15) is 71.6 Å². The van der Waals surface area contributed by atoms with Crippen molar-refractivity contribution in [3.8, 4) is 0 Å². The molecule has 4 aliphatic rings. The molecule has 7 atom stereocenters. The molecular weight excluding hydrogens is 300 g/mol. The van der Waals surface area contributed by atoms with Crippen LogP contribution in [0.4, 0.5) is 0 Å². The zero-order valence-electron chi connectivity index (χ0n) is 16.0. The second-order valence-corrected chi connectivity index (χ2v) is 9.82. The van der Waals surface area contributed by atoms with Crippen molar-refractivity contribution in [1.29, 1.82) is 0 Å². The lowest BCUT2D eigenvalue weighted by Gasteiger charge is -2.61. The number of rotatable bonds is 2. The highest BCUT2D eigenvalue weighted by atomic mass is 16.7. The van der Waals surface area contributed by atoms with Crippen LogP contribution in [0.25, 0.3) is 0 Å². The molecule has 4 saturated carbocycles. The van der Waals surface area contributed by atoms with Crippen LogP contribution in [0.3, 0.4) is 0 Å². The summed E-state index contributed by atoms with van der Waals surface area (Å²) in [5, 5.41) is 10.6. The fourth-order valence-corrected chi connectivity index (χ4v) is 7.62. The molecule has 24 heavy (non-hydrogen) atoms. The molecule has 3 nitrogen and oxygen atoms in total. The maximum absolute atomic E-state index is 10.6. The van der Waals surface area contributed by atoms with Gasteiger partial charge in [-0.25, -0.2) is 0 Å². The number of aliphatic hydroxyl groups is 1. The van der Waals surface area contributed by atoms with Crippen LogP contribution < -0.4 is 0 Å². The molecule has 4 rings (SSSR count). The first-order valence-corrected chi connectivity index (χ1v) is 10.2. The van der Waals surface area contributed by atoms with E-state index < -0.39 is 0 Å². The smallest absolute Gasteiger partial charge is 0.167 e. The molecule has 138 valence electrons. The van der Waals surface area contributed by atoms with Crippen LogP contribution >= 0.6 is 0 Å². The Morgan fingerprint density at radius 1 is 0.792 bits per heavy atom. The first-order chi connectivity index (χ1) is 11.4. The van der Waals surface area contributed by atoms with Gasteiger partial charge in [-0.05, 0) is 79.4 Å².